The second-order valence-corrected chi connectivity index (χ2v) is 13.5. The summed E-state index contributed by atoms with van der Waals surface area (Å²) < 4.78 is 31.9. The largest absolute Gasteiger partial charge is 0.491 e. The Balaban J connectivity index is 0.000000221. The van der Waals surface area contributed by atoms with E-state index in [0.717, 1.165) is 22.6 Å². The number of allylic oxidation sites excluding steroid dienone is 1. The quantitative estimate of drug-likeness (QED) is 0.0384. The summed E-state index contributed by atoms with van der Waals surface area (Å²) in [5, 5.41) is 20.7. The minimum absolute atomic E-state index is 0.0477. The van der Waals surface area contributed by atoms with Gasteiger partial charge in [0.1, 0.15) is 49.1 Å². The first kappa shape index (κ1) is 42.6. The van der Waals surface area contributed by atoms with Crippen molar-refractivity contribution in [1.82, 2.24) is 0 Å². The third-order valence-corrected chi connectivity index (χ3v) is 8.87. The molecule has 2 N–H and O–H groups in total. The van der Waals surface area contributed by atoms with E-state index in [0.29, 0.717) is 54.1 Å². The first-order chi connectivity index (χ1) is 28.0. The molecule has 12 heteroatoms. The lowest BCUT2D eigenvalue weighted by Gasteiger charge is -2.29. The molecule has 58 heavy (non-hydrogen) atoms. The van der Waals surface area contributed by atoms with Crippen molar-refractivity contribution in [3.8, 4) is 16.9 Å². The highest BCUT2D eigenvalue weighted by atomic mass is 16.6. The predicted octanol–water partition coefficient (Wildman–Crippen LogP) is 6.66. The summed E-state index contributed by atoms with van der Waals surface area (Å²) in [6, 6.07) is 25.6. The third kappa shape index (κ3) is 12.5. The Bertz CT molecular complexity index is 2220. The zero-order chi connectivity index (χ0) is 41.4. The predicted molar refractivity (Wildman–Crippen MR) is 217 cm³/mol. The lowest BCUT2D eigenvalue weighted by Crippen LogP contribution is -2.30. The molecular weight excluding hydrogens is 744 g/mol. The Labute approximate surface area is 336 Å². The van der Waals surface area contributed by atoms with Gasteiger partial charge in [0.05, 0.1) is 23.8 Å². The molecule has 0 fully saturated rings. The number of aliphatic hydroxyl groups is 2. The number of ether oxygens (including phenoxy) is 5. The van der Waals surface area contributed by atoms with Crippen LogP contribution in [0.2, 0.25) is 0 Å². The number of carbonyl (C=O) groups excluding carboxylic acids is 3. The third-order valence-electron chi connectivity index (χ3n) is 8.87. The number of esters is 3. The SMILES string of the molecule is C=C(C)C(=O)OCC(O)COc1ccc2cc(-c3ccccc3)c(=O)oc2c1.C=CC(=O)OCCCCC(O)COC1=CC2OC(=O)C(c3ccccc3)=CC2C=C1. The summed E-state index contributed by atoms with van der Waals surface area (Å²) in [5.74, 6) is -0.421. The van der Waals surface area contributed by atoms with E-state index < -0.39 is 35.9 Å². The molecule has 0 bridgehead atoms. The summed E-state index contributed by atoms with van der Waals surface area (Å²) in [4.78, 5) is 47.0. The Morgan fingerprint density at radius 3 is 2.26 bits per heavy atom. The van der Waals surface area contributed by atoms with Gasteiger partial charge in [-0.1, -0.05) is 86.0 Å². The van der Waals surface area contributed by atoms with E-state index in [4.69, 9.17) is 28.1 Å². The van der Waals surface area contributed by atoms with Crippen LogP contribution in [0.15, 0.2) is 149 Å². The van der Waals surface area contributed by atoms with E-state index in [1.807, 2.05) is 78.9 Å². The molecule has 0 saturated heterocycles. The number of unbranched alkanes of at least 4 members (excludes halogenated alkanes) is 1. The Morgan fingerprint density at radius 2 is 1.55 bits per heavy atom. The first-order valence-corrected chi connectivity index (χ1v) is 18.8. The van der Waals surface area contributed by atoms with Crippen molar-refractivity contribution >= 4 is 34.5 Å². The number of hydrogen-bond acceptors (Lipinski definition) is 12. The van der Waals surface area contributed by atoms with E-state index in [9.17, 15) is 29.4 Å². The van der Waals surface area contributed by atoms with Crippen molar-refractivity contribution in [3.05, 3.63) is 156 Å². The van der Waals surface area contributed by atoms with E-state index in [1.165, 1.54) is 6.92 Å². The fourth-order valence-electron chi connectivity index (χ4n) is 5.81. The van der Waals surface area contributed by atoms with Crippen molar-refractivity contribution in [2.75, 3.05) is 26.4 Å². The molecule has 4 atom stereocenters. The zero-order valence-corrected chi connectivity index (χ0v) is 32.1. The number of fused-ring (bicyclic) bond motifs is 2. The summed E-state index contributed by atoms with van der Waals surface area (Å²) in [7, 11) is 0. The van der Waals surface area contributed by atoms with Crippen molar-refractivity contribution < 1.29 is 52.7 Å². The highest BCUT2D eigenvalue weighted by Crippen LogP contribution is 2.32. The zero-order valence-electron chi connectivity index (χ0n) is 32.1. The summed E-state index contributed by atoms with van der Waals surface area (Å²) in [6.07, 6.45) is 8.45. The minimum atomic E-state index is -0.994. The summed E-state index contributed by atoms with van der Waals surface area (Å²) in [5.41, 5.74) is 2.86. The number of hydrogen-bond donors (Lipinski definition) is 2. The highest BCUT2D eigenvalue weighted by molar-refractivity contribution is 6.17. The highest BCUT2D eigenvalue weighted by Gasteiger charge is 2.31. The number of aliphatic hydroxyl groups excluding tert-OH is 2. The topological polar surface area (TPSA) is 168 Å². The molecule has 2 heterocycles. The summed E-state index contributed by atoms with van der Waals surface area (Å²) in [6.45, 7) is 8.48. The van der Waals surface area contributed by atoms with Crippen LogP contribution in [0.3, 0.4) is 0 Å². The van der Waals surface area contributed by atoms with E-state index in [-0.39, 0.29) is 37.3 Å². The number of carbonyl (C=O) groups is 3. The van der Waals surface area contributed by atoms with Crippen molar-refractivity contribution in [2.45, 2.75) is 44.5 Å². The van der Waals surface area contributed by atoms with Crippen LogP contribution in [-0.2, 0) is 33.3 Å². The molecule has 1 aliphatic heterocycles. The fraction of sp³-hybridized carbons (Fsp3) is 0.261. The van der Waals surface area contributed by atoms with Gasteiger partial charge in [0, 0.05) is 29.0 Å². The van der Waals surface area contributed by atoms with Crippen LogP contribution in [0.5, 0.6) is 5.75 Å². The van der Waals surface area contributed by atoms with Gasteiger partial charge in [0.2, 0.25) is 0 Å². The smallest absolute Gasteiger partial charge is 0.344 e. The van der Waals surface area contributed by atoms with E-state index in [1.54, 1.807) is 30.3 Å². The minimum Gasteiger partial charge on any atom is -0.491 e. The molecule has 12 nitrogen and oxygen atoms in total. The normalized spacial score (nSPS) is 16.5. The monoisotopic (exact) mass is 790 g/mol. The molecule has 0 saturated carbocycles. The fourth-order valence-corrected chi connectivity index (χ4v) is 5.81. The average molecular weight is 791 g/mol. The maximum atomic E-state index is 12.4. The molecule has 302 valence electrons. The van der Waals surface area contributed by atoms with Crippen LogP contribution in [0.25, 0.3) is 27.7 Å². The maximum Gasteiger partial charge on any atom is 0.344 e. The molecular formula is C46H46O12. The Hall–Kier alpha value is -6.50. The van der Waals surface area contributed by atoms with Gasteiger partial charge in [-0.15, -0.1) is 0 Å². The molecule has 4 aromatic rings. The van der Waals surface area contributed by atoms with Gasteiger partial charge in [-0.2, -0.15) is 0 Å². The molecule has 4 unspecified atom stereocenters. The first-order valence-electron chi connectivity index (χ1n) is 18.8. The van der Waals surface area contributed by atoms with Gasteiger partial charge in [0.15, 0.2) is 0 Å². The van der Waals surface area contributed by atoms with Gasteiger partial charge in [-0.3, -0.25) is 0 Å². The number of benzene rings is 3. The van der Waals surface area contributed by atoms with Gasteiger partial charge < -0.3 is 38.3 Å². The van der Waals surface area contributed by atoms with Gasteiger partial charge >= 0.3 is 23.5 Å². The molecule has 0 amide bonds. The lowest BCUT2D eigenvalue weighted by atomic mass is 9.90. The van der Waals surface area contributed by atoms with Crippen LogP contribution < -0.4 is 10.4 Å². The molecule has 3 aromatic carbocycles. The van der Waals surface area contributed by atoms with Crippen molar-refractivity contribution in [1.29, 1.82) is 0 Å². The van der Waals surface area contributed by atoms with Crippen LogP contribution in [0.4, 0.5) is 0 Å². The molecule has 0 radical (unpaired) electrons. The van der Waals surface area contributed by atoms with Gasteiger partial charge in [0.25, 0.3) is 0 Å². The van der Waals surface area contributed by atoms with Crippen LogP contribution in [0.1, 0.15) is 31.7 Å². The number of rotatable bonds is 17. The Kier molecular flexibility index (Phi) is 15.5. The Morgan fingerprint density at radius 1 is 0.845 bits per heavy atom. The maximum absolute atomic E-state index is 12.4. The van der Waals surface area contributed by atoms with Crippen LogP contribution in [0, 0.1) is 5.92 Å². The van der Waals surface area contributed by atoms with Crippen LogP contribution >= 0.6 is 0 Å². The van der Waals surface area contributed by atoms with Crippen molar-refractivity contribution in [2.24, 2.45) is 5.92 Å². The molecule has 1 aliphatic carbocycles. The summed E-state index contributed by atoms with van der Waals surface area (Å²) >= 11 is 0. The second kappa shape index (κ2) is 21.1. The molecule has 6 rings (SSSR count). The molecule has 0 spiro atoms. The average Bonchev–Trinajstić information content (AvgIpc) is 3.23. The molecule has 2 aliphatic rings. The standard InChI is InChI=1S/C24H26O6.C22H20O6/c1-2-23(26)28-13-7-6-10-19(25)16-29-20-12-11-18-14-21(17-8-4-3-5-9-17)24(27)30-22(18)15-20;1-14(2)21(24)27-13-17(23)12-26-18-9-8-16-10-19(15-6-4-3-5-7-15)22(25)28-20(16)11-18/h2-5,8-9,11-12,14-15,18-19,22,25H,1,6-7,10,13,16H2;3-11,17,23H,1,12-13H2,2H3. The second-order valence-electron chi connectivity index (χ2n) is 13.5. The van der Waals surface area contributed by atoms with Gasteiger partial charge in [-0.05, 0) is 67.7 Å². The van der Waals surface area contributed by atoms with Crippen LogP contribution in [-0.4, -0.2) is 72.9 Å². The lowest BCUT2D eigenvalue weighted by molar-refractivity contribution is -0.143. The van der Waals surface area contributed by atoms with Gasteiger partial charge in [-0.25, -0.2) is 19.2 Å². The molecule has 1 aromatic heterocycles. The van der Waals surface area contributed by atoms with E-state index in [2.05, 4.69) is 13.2 Å². The van der Waals surface area contributed by atoms with Crippen molar-refractivity contribution in [3.63, 3.8) is 0 Å². The van der Waals surface area contributed by atoms with E-state index >= 15 is 0 Å².